The fraction of sp³-hybridized carbons (Fsp3) is 0.120. The zero-order valence-electron chi connectivity index (χ0n) is 17.4. The average molecular weight is 496 g/mol. The minimum absolute atomic E-state index is 0.0729. The quantitative estimate of drug-likeness (QED) is 0.331. The first kappa shape index (κ1) is 23.1. The molecule has 0 saturated heterocycles. The number of methoxy groups -OCH3 is 1. The van der Waals surface area contributed by atoms with Crippen LogP contribution in [-0.4, -0.2) is 19.2 Å². The SMILES string of the molecule is COC(=O)/C(=C/c1cc(Br)ccc1OCc1ccccc1)NC(=O)OCc1ccccc1. The largest absolute Gasteiger partial charge is 0.488 e. The first-order valence-corrected chi connectivity index (χ1v) is 10.6. The number of carbonyl (C=O) groups excluding carboxylic acids is 2. The summed E-state index contributed by atoms with van der Waals surface area (Å²) in [6, 6.07) is 24.3. The van der Waals surface area contributed by atoms with Crippen LogP contribution < -0.4 is 10.1 Å². The molecule has 32 heavy (non-hydrogen) atoms. The van der Waals surface area contributed by atoms with Gasteiger partial charge in [-0.1, -0.05) is 76.6 Å². The molecule has 1 amide bonds. The van der Waals surface area contributed by atoms with Gasteiger partial charge in [-0.3, -0.25) is 5.32 Å². The summed E-state index contributed by atoms with van der Waals surface area (Å²) in [7, 11) is 1.24. The Balaban J connectivity index is 1.76. The number of esters is 1. The van der Waals surface area contributed by atoms with Crippen molar-refractivity contribution in [2.45, 2.75) is 13.2 Å². The average Bonchev–Trinajstić information content (AvgIpc) is 2.82. The van der Waals surface area contributed by atoms with Crippen LogP contribution in [0.4, 0.5) is 4.79 Å². The molecule has 3 aromatic carbocycles. The number of hydrogen-bond donors (Lipinski definition) is 1. The number of amides is 1. The maximum absolute atomic E-state index is 12.3. The third kappa shape index (κ3) is 6.99. The molecule has 0 bridgehead atoms. The van der Waals surface area contributed by atoms with Gasteiger partial charge in [-0.2, -0.15) is 0 Å². The number of carbonyl (C=O) groups is 2. The van der Waals surface area contributed by atoms with Gasteiger partial charge in [-0.25, -0.2) is 9.59 Å². The number of nitrogens with one attached hydrogen (secondary N) is 1. The standard InChI is InChI=1S/C25H22BrNO5/c1-30-24(28)22(27-25(29)32-17-19-10-6-3-7-11-19)15-20-14-21(26)12-13-23(20)31-16-18-8-4-2-5-9-18/h2-15H,16-17H2,1H3,(H,27,29)/b22-15-. The van der Waals surface area contributed by atoms with Crippen LogP contribution in [0.5, 0.6) is 5.75 Å². The molecular formula is C25H22BrNO5. The van der Waals surface area contributed by atoms with Crippen LogP contribution in [-0.2, 0) is 27.5 Å². The molecule has 0 aliphatic heterocycles. The molecule has 3 rings (SSSR count). The number of rotatable bonds is 8. The van der Waals surface area contributed by atoms with Gasteiger partial charge >= 0.3 is 12.1 Å². The Kier molecular flexibility index (Phi) is 8.45. The van der Waals surface area contributed by atoms with Gasteiger partial charge in [0.2, 0.25) is 0 Å². The van der Waals surface area contributed by atoms with Gasteiger partial charge in [-0.05, 0) is 35.4 Å². The third-order valence-electron chi connectivity index (χ3n) is 4.36. The summed E-state index contributed by atoms with van der Waals surface area (Å²) >= 11 is 3.42. The van der Waals surface area contributed by atoms with Crippen molar-refractivity contribution in [3.63, 3.8) is 0 Å². The van der Waals surface area contributed by atoms with E-state index in [4.69, 9.17) is 14.2 Å². The van der Waals surface area contributed by atoms with Gasteiger partial charge in [0, 0.05) is 10.0 Å². The van der Waals surface area contributed by atoms with Gasteiger partial charge < -0.3 is 14.2 Å². The monoisotopic (exact) mass is 495 g/mol. The van der Waals surface area contributed by atoms with Crippen molar-refractivity contribution < 1.29 is 23.8 Å². The Morgan fingerprint density at radius 1 is 0.906 bits per heavy atom. The van der Waals surface area contributed by atoms with Crippen molar-refractivity contribution in [3.05, 3.63) is 106 Å². The van der Waals surface area contributed by atoms with E-state index in [0.29, 0.717) is 17.9 Å². The topological polar surface area (TPSA) is 73.9 Å². The van der Waals surface area contributed by atoms with Gasteiger partial charge in [0.15, 0.2) is 0 Å². The molecule has 0 saturated carbocycles. The van der Waals surface area contributed by atoms with Crippen LogP contribution in [0, 0.1) is 0 Å². The lowest BCUT2D eigenvalue weighted by Crippen LogP contribution is -2.28. The molecule has 0 fully saturated rings. The van der Waals surface area contributed by atoms with Gasteiger partial charge in [-0.15, -0.1) is 0 Å². The van der Waals surface area contributed by atoms with E-state index in [-0.39, 0.29) is 12.3 Å². The van der Waals surface area contributed by atoms with Crippen LogP contribution >= 0.6 is 15.9 Å². The Morgan fingerprint density at radius 3 is 2.16 bits per heavy atom. The van der Waals surface area contributed by atoms with E-state index in [9.17, 15) is 9.59 Å². The van der Waals surface area contributed by atoms with E-state index in [1.807, 2.05) is 66.7 Å². The second-order valence-electron chi connectivity index (χ2n) is 6.69. The Labute approximate surface area is 194 Å². The minimum atomic E-state index is -0.771. The molecule has 0 aliphatic rings. The Bertz CT molecular complexity index is 1080. The highest BCUT2D eigenvalue weighted by Crippen LogP contribution is 2.26. The molecule has 0 radical (unpaired) electrons. The molecule has 1 N–H and O–H groups in total. The molecule has 0 unspecified atom stereocenters. The number of alkyl carbamates (subject to hydrolysis) is 1. The Hall–Kier alpha value is -3.58. The van der Waals surface area contributed by atoms with Gasteiger partial charge in [0.1, 0.15) is 24.7 Å². The third-order valence-corrected chi connectivity index (χ3v) is 4.86. The summed E-state index contributed by atoms with van der Waals surface area (Å²) in [6.07, 6.45) is 0.716. The van der Waals surface area contributed by atoms with E-state index in [1.165, 1.54) is 13.2 Å². The summed E-state index contributed by atoms with van der Waals surface area (Å²) in [5.74, 6) is -0.173. The summed E-state index contributed by atoms with van der Waals surface area (Å²) in [5.41, 5.74) is 2.34. The molecule has 0 aromatic heterocycles. The number of ether oxygens (including phenoxy) is 3. The van der Waals surface area contributed by atoms with Crippen molar-refractivity contribution in [3.8, 4) is 5.75 Å². The van der Waals surface area contributed by atoms with E-state index in [2.05, 4.69) is 21.2 Å². The molecule has 164 valence electrons. The van der Waals surface area contributed by atoms with Crippen LogP contribution in [0.1, 0.15) is 16.7 Å². The molecule has 0 aliphatic carbocycles. The van der Waals surface area contributed by atoms with Crippen molar-refractivity contribution in [2.24, 2.45) is 0 Å². The highest BCUT2D eigenvalue weighted by molar-refractivity contribution is 9.10. The van der Waals surface area contributed by atoms with Crippen molar-refractivity contribution in [1.82, 2.24) is 5.32 Å². The summed E-state index contributed by atoms with van der Waals surface area (Å²) in [4.78, 5) is 24.6. The minimum Gasteiger partial charge on any atom is -0.488 e. The smallest absolute Gasteiger partial charge is 0.412 e. The van der Waals surface area contributed by atoms with Crippen LogP contribution in [0.2, 0.25) is 0 Å². The van der Waals surface area contributed by atoms with Crippen LogP contribution in [0.15, 0.2) is 89.0 Å². The summed E-state index contributed by atoms with van der Waals surface area (Å²) in [6.45, 7) is 0.423. The highest BCUT2D eigenvalue weighted by Gasteiger charge is 2.16. The first-order chi connectivity index (χ1) is 15.5. The fourth-order valence-corrected chi connectivity index (χ4v) is 3.16. The van der Waals surface area contributed by atoms with Crippen molar-refractivity contribution in [2.75, 3.05) is 7.11 Å². The summed E-state index contributed by atoms with van der Waals surface area (Å²) in [5, 5.41) is 2.46. The Morgan fingerprint density at radius 2 is 1.53 bits per heavy atom. The van der Waals surface area contributed by atoms with Gasteiger partial charge in [0.25, 0.3) is 0 Å². The fourth-order valence-electron chi connectivity index (χ4n) is 2.78. The molecule has 6 nitrogen and oxygen atoms in total. The summed E-state index contributed by atoms with van der Waals surface area (Å²) < 4.78 is 16.8. The zero-order chi connectivity index (χ0) is 22.8. The van der Waals surface area contributed by atoms with Crippen LogP contribution in [0.25, 0.3) is 6.08 Å². The molecule has 3 aromatic rings. The number of benzene rings is 3. The maximum Gasteiger partial charge on any atom is 0.412 e. The maximum atomic E-state index is 12.3. The lowest BCUT2D eigenvalue weighted by atomic mass is 10.1. The van der Waals surface area contributed by atoms with Crippen LogP contribution in [0.3, 0.4) is 0 Å². The van der Waals surface area contributed by atoms with E-state index in [1.54, 1.807) is 12.1 Å². The second kappa shape index (κ2) is 11.7. The molecular weight excluding hydrogens is 474 g/mol. The van der Waals surface area contributed by atoms with Gasteiger partial charge in [0.05, 0.1) is 7.11 Å². The normalized spacial score (nSPS) is 10.9. The predicted octanol–water partition coefficient (Wildman–Crippen LogP) is 5.47. The predicted molar refractivity (Wildman–Crippen MR) is 125 cm³/mol. The van der Waals surface area contributed by atoms with E-state index < -0.39 is 12.1 Å². The van der Waals surface area contributed by atoms with Crippen molar-refractivity contribution in [1.29, 1.82) is 0 Å². The number of hydrogen-bond acceptors (Lipinski definition) is 5. The lowest BCUT2D eigenvalue weighted by Gasteiger charge is -2.12. The second-order valence-corrected chi connectivity index (χ2v) is 7.61. The van der Waals surface area contributed by atoms with Crippen molar-refractivity contribution >= 4 is 34.1 Å². The lowest BCUT2D eigenvalue weighted by molar-refractivity contribution is -0.136. The molecule has 0 atom stereocenters. The zero-order valence-corrected chi connectivity index (χ0v) is 19.0. The van der Waals surface area contributed by atoms with E-state index >= 15 is 0 Å². The number of halogens is 1. The highest BCUT2D eigenvalue weighted by atomic mass is 79.9. The van der Waals surface area contributed by atoms with E-state index in [0.717, 1.165) is 15.6 Å². The first-order valence-electron chi connectivity index (χ1n) is 9.79. The molecule has 0 spiro atoms. The molecule has 0 heterocycles. The molecule has 7 heteroatoms.